The zero-order chi connectivity index (χ0) is 18.2. The predicted octanol–water partition coefficient (Wildman–Crippen LogP) is 1.33. The van der Waals surface area contributed by atoms with Crippen LogP contribution in [0.25, 0.3) is 0 Å². The van der Waals surface area contributed by atoms with E-state index in [4.69, 9.17) is 13.9 Å². The Bertz CT molecular complexity index is 906. The van der Waals surface area contributed by atoms with Crippen LogP contribution in [0.2, 0.25) is 0 Å². The summed E-state index contributed by atoms with van der Waals surface area (Å²) in [6.45, 7) is 3.80. The highest BCUT2D eigenvalue weighted by Crippen LogP contribution is 2.32. The molecule has 9 nitrogen and oxygen atoms in total. The van der Waals surface area contributed by atoms with Crippen molar-refractivity contribution in [3.63, 3.8) is 0 Å². The van der Waals surface area contributed by atoms with Gasteiger partial charge in [-0.15, -0.1) is 5.10 Å². The number of nitrogens with zero attached hydrogens (tertiary/aromatic N) is 2. The number of hydrogen-bond donors (Lipinski definition) is 1. The summed E-state index contributed by atoms with van der Waals surface area (Å²) in [5, 5.41) is 9.58. The normalized spacial score (nSPS) is 14.6. The first-order valence-corrected chi connectivity index (χ1v) is 9.39. The van der Waals surface area contributed by atoms with E-state index in [0.717, 1.165) is 6.26 Å². The number of amides is 1. The minimum atomic E-state index is -3.61. The molecule has 1 aromatic carbocycles. The number of carbonyl (C=O) groups excluding carboxylic acids is 1. The molecule has 0 radical (unpaired) electrons. The summed E-state index contributed by atoms with van der Waals surface area (Å²) in [5.74, 6) is 0.615. The first kappa shape index (κ1) is 17.2. The fourth-order valence-corrected chi connectivity index (χ4v) is 2.70. The fourth-order valence-electron chi connectivity index (χ4n) is 2.27. The van der Waals surface area contributed by atoms with Crippen molar-refractivity contribution in [2.45, 2.75) is 25.1 Å². The second-order valence-corrected chi connectivity index (χ2v) is 7.84. The third-order valence-corrected chi connectivity index (χ3v) is 4.39. The van der Waals surface area contributed by atoms with E-state index in [2.05, 4.69) is 15.5 Å². The molecule has 1 N–H and O–H groups in total. The van der Waals surface area contributed by atoms with Crippen molar-refractivity contribution in [3.05, 3.63) is 29.7 Å². The summed E-state index contributed by atoms with van der Waals surface area (Å²) in [6.07, 6.45) is 0.972. The quantitative estimate of drug-likeness (QED) is 0.840. The van der Waals surface area contributed by atoms with Gasteiger partial charge in [-0.05, 0) is 24.1 Å². The molecule has 2 aromatic rings. The van der Waals surface area contributed by atoms with Crippen LogP contribution in [0.1, 0.15) is 36.1 Å². The number of ether oxygens (including phenoxy) is 2. The summed E-state index contributed by atoms with van der Waals surface area (Å²) >= 11 is 0. The summed E-state index contributed by atoms with van der Waals surface area (Å²) in [5.41, 5.74) is 0.373. The van der Waals surface area contributed by atoms with Crippen LogP contribution in [0, 0.1) is 5.92 Å². The van der Waals surface area contributed by atoms with E-state index in [1.54, 1.807) is 18.2 Å². The molecule has 1 aliphatic rings. The van der Waals surface area contributed by atoms with E-state index >= 15 is 0 Å². The van der Waals surface area contributed by atoms with Gasteiger partial charge in [0.15, 0.2) is 11.5 Å². The molecule has 25 heavy (non-hydrogen) atoms. The number of rotatable bonds is 5. The van der Waals surface area contributed by atoms with Crippen molar-refractivity contribution >= 4 is 15.7 Å². The van der Waals surface area contributed by atoms with E-state index in [1.807, 2.05) is 13.8 Å². The lowest BCUT2D eigenvalue weighted by Crippen LogP contribution is -2.32. The second-order valence-electron chi connectivity index (χ2n) is 5.94. The Morgan fingerprint density at radius 1 is 1.20 bits per heavy atom. The highest BCUT2D eigenvalue weighted by Gasteiger charge is 2.27. The summed E-state index contributed by atoms with van der Waals surface area (Å²) in [6, 6.07) is 4.19. The molecule has 0 saturated heterocycles. The molecule has 3 rings (SSSR count). The van der Waals surface area contributed by atoms with Crippen molar-refractivity contribution in [1.82, 2.24) is 15.5 Å². The van der Waals surface area contributed by atoms with Crippen LogP contribution in [-0.4, -0.2) is 37.6 Å². The molecule has 134 valence electrons. The van der Waals surface area contributed by atoms with E-state index < -0.39 is 21.1 Å². The molecule has 0 unspecified atom stereocenters. The van der Waals surface area contributed by atoms with Gasteiger partial charge in [0.1, 0.15) is 6.04 Å². The average Bonchev–Trinajstić information content (AvgIpc) is 3.19. The van der Waals surface area contributed by atoms with Gasteiger partial charge in [-0.2, -0.15) is 0 Å². The van der Waals surface area contributed by atoms with Gasteiger partial charge < -0.3 is 19.2 Å². The van der Waals surface area contributed by atoms with Crippen LogP contribution in [0.15, 0.2) is 27.8 Å². The molecule has 0 spiro atoms. The predicted molar refractivity (Wildman–Crippen MR) is 85.0 cm³/mol. The number of carbonyl (C=O) groups is 1. The molecule has 0 bridgehead atoms. The van der Waals surface area contributed by atoms with Gasteiger partial charge in [0.2, 0.25) is 22.5 Å². The maximum atomic E-state index is 12.5. The van der Waals surface area contributed by atoms with Crippen LogP contribution < -0.4 is 14.8 Å². The molecule has 0 aliphatic carbocycles. The Labute approximate surface area is 144 Å². The van der Waals surface area contributed by atoms with E-state index in [0.29, 0.717) is 17.1 Å². The largest absolute Gasteiger partial charge is 0.454 e. The van der Waals surface area contributed by atoms with E-state index in [-0.39, 0.29) is 24.5 Å². The average molecular weight is 367 g/mol. The van der Waals surface area contributed by atoms with Gasteiger partial charge in [-0.25, -0.2) is 8.42 Å². The van der Waals surface area contributed by atoms with E-state index in [1.165, 1.54) is 0 Å². The Morgan fingerprint density at radius 2 is 1.92 bits per heavy atom. The zero-order valence-corrected chi connectivity index (χ0v) is 14.7. The van der Waals surface area contributed by atoms with Crippen LogP contribution in [-0.2, 0) is 9.84 Å². The number of aromatic nitrogens is 2. The van der Waals surface area contributed by atoms with Crippen molar-refractivity contribution < 1.29 is 27.1 Å². The molecule has 2 heterocycles. The van der Waals surface area contributed by atoms with Gasteiger partial charge in [0.25, 0.3) is 5.91 Å². The Balaban J connectivity index is 1.82. The molecule has 0 fully saturated rings. The van der Waals surface area contributed by atoms with Crippen LogP contribution in [0.5, 0.6) is 11.5 Å². The number of hydrogen-bond acceptors (Lipinski definition) is 8. The van der Waals surface area contributed by atoms with Crippen molar-refractivity contribution in [2.24, 2.45) is 5.92 Å². The maximum absolute atomic E-state index is 12.5. The number of sulfone groups is 1. The Kier molecular flexibility index (Phi) is 4.38. The van der Waals surface area contributed by atoms with Crippen molar-refractivity contribution in [1.29, 1.82) is 0 Å². The number of fused-ring (bicyclic) bond motifs is 1. The van der Waals surface area contributed by atoms with Gasteiger partial charge in [0, 0.05) is 11.8 Å². The lowest BCUT2D eigenvalue weighted by molar-refractivity contribution is 0.0914. The molecule has 1 aliphatic heterocycles. The van der Waals surface area contributed by atoms with Crippen LogP contribution >= 0.6 is 0 Å². The molecule has 10 heteroatoms. The number of nitrogens with one attached hydrogen (secondary N) is 1. The van der Waals surface area contributed by atoms with Gasteiger partial charge in [-0.3, -0.25) is 4.79 Å². The maximum Gasteiger partial charge on any atom is 0.335 e. The van der Waals surface area contributed by atoms with Gasteiger partial charge in [-0.1, -0.05) is 18.9 Å². The monoisotopic (exact) mass is 367 g/mol. The lowest BCUT2D eigenvalue weighted by atomic mass is 10.0. The Morgan fingerprint density at radius 3 is 2.56 bits per heavy atom. The van der Waals surface area contributed by atoms with Crippen molar-refractivity contribution in [3.8, 4) is 11.5 Å². The highest BCUT2D eigenvalue weighted by atomic mass is 32.2. The van der Waals surface area contributed by atoms with E-state index in [9.17, 15) is 13.2 Å². The topological polar surface area (TPSA) is 121 Å². The molecule has 0 saturated carbocycles. The third kappa shape index (κ3) is 3.58. The zero-order valence-electron chi connectivity index (χ0n) is 13.8. The minimum absolute atomic E-state index is 0.0320. The fraction of sp³-hybridized carbons (Fsp3) is 0.400. The molecular weight excluding hydrogens is 350 g/mol. The SMILES string of the molecule is CC(C)[C@H](NC(=O)c1ccc2c(c1)OCO2)c1nnc(S(C)(=O)=O)o1. The molecule has 1 atom stereocenters. The first-order chi connectivity index (χ1) is 11.8. The summed E-state index contributed by atoms with van der Waals surface area (Å²) < 4.78 is 38.6. The summed E-state index contributed by atoms with van der Waals surface area (Å²) in [4.78, 5) is 12.5. The third-order valence-electron chi connectivity index (χ3n) is 3.59. The van der Waals surface area contributed by atoms with Gasteiger partial charge >= 0.3 is 5.22 Å². The second kappa shape index (κ2) is 6.36. The van der Waals surface area contributed by atoms with Crippen LogP contribution in [0.4, 0.5) is 0 Å². The molecular formula is C15H17N3O6S. The first-order valence-electron chi connectivity index (χ1n) is 7.49. The standard InChI is InChI=1S/C15H17N3O6S/c1-8(2)12(14-17-18-15(24-14)25(3,20)21)16-13(19)9-4-5-10-11(6-9)23-7-22-10/h4-6,8,12H,7H2,1-3H3,(H,16,19)/t12-/m0/s1. The van der Waals surface area contributed by atoms with Crippen LogP contribution in [0.3, 0.4) is 0 Å². The number of benzene rings is 1. The highest BCUT2D eigenvalue weighted by molar-refractivity contribution is 7.90. The summed E-state index contributed by atoms with van der Waals surface area (Å²) in [7, 11) is -3.61. The van der Waals surface area contributed by atoms with Crippen molar-refractivity contribution in [2.75, 3.05) is 13.0 Å². The lowest BCUT2D eigenvalue weighted by Gasteiger charge is -2.18. The Hall–Kier alpha value is -2.62. The molecule has 1 amide bonds. The smallest absolute Gasteiger partial charge is 0.335 e. The molecule has 1 aromatic heterocycles. The van der Waals surface area contributed by atoms with Gasteiger partial charge in [0.05, 0.1) is 0 Å². The minimum Gasteiger partial charge on any atom is -0.454 e.